The van der Waals surface area contributed by atoms with Crippen LogP contribution in [0.5, 0.6) is 5.75 Å². The Balaban J connectivity index is 1.88. The summed E-state index contributed by atoms with van der Waals surface area (Å²) in [6, 6.07) is 10.3. The highest BCUT2D eigenvalue weighted by Gasteiger charge is 2.30. The van der Waals surface area contributed by atoms with E-state index in [0.717, 1.165) is 12.1 Å². The molecular formula is C15H12F3N3O4. The van der Waals surface area contributed by atoms with Gasteiger partial charge in [-0.3, -0.25) is 14.9 Å². The van der Waals surface area contributed by atoms with Gasteiger partial charge in [-0.1, -0.05) is 6.07 Å². The van der Waals surface area contributed by atoms with Gasteiger partial charge in [0, 0.05) is 23.5 Å². The molecule has 2 N–H and O–H groups in total. The van der Waals surface area contributed by atoms with E-state index in [1.165, 1.54) is 30.3 Å². The van der Waals surface area contributed by atoms with E-state index in [-0.39, 0.29) is 17.9 Å². The minimum Gasteiger partial charge on any atom is -0.406 e. The summed E-state index contributed by atoms with van der Waals surface area (Å²) in [6.07, 6.45) is -4.78. The molecule has 0 bridgehead atoms. The maximum absolute atomic E-state index is 12.0. The number of non-ortho nitro benzene ring substituents is 1. The van der Waals surface area contributed by atoms with E-state index in [1.807, 2.05) is 0 Å². The lowest BCUT2D eigenvalue weighted by Crippen LogP contribution is -2.21. The molecule has 0 aliphatic heterocycles. The van der Waals surface area contributed by atoms with Gasteiger partial charge in [0.15, 0.2) is 0 Å². The second-order valence-corrected chi connectivity index (χ2v) is 4.78. The van der Waals surface area contributed by atoms with Crippen molar-refractivity contribution in [3.63, 3.8) is 0 Å². The third kappa shape index (κ3) is 6.01. The topological polar surface area (TPSA) is 93.5 Å². The number of nitro benzene ring substituents is 1. The van der Waals surface area contributed by atoms with E-state index in [9.17, 15) is 28.1 Å². The SMILES string of the molecule is O=C(CNc1cccc([N+](=O)[O-])c1)Nc1ccc(OC(F)(F)F)cc1. The third-order valence-corrected chi connectivity index (χ3v) is 2.88. The molecule has 0 aliphatic carbocycles. The molecule has 2 aromatic rings. The van der Waals surface area contributed by atoms with E-state index in [0.29, 0.717) is 5.69 Å². The first kappa shape index (κ1) is 18.0. The normalized spacial score (nSPS) is 10.8. The Morgan fingerprint density at radius 1 is 1.12 bits per heavy atom. The van der Waals surface area contributed by atoms with E-state index >= 15 is 0 Å². The van der Waals surface area contributed by atoms with Crippen molar-refractivity contribution in [2.24, 2.45) is 0 Å². The molecule has 0 heterocycles. The molecule has 0 aromatic heterocycles. The van der Waals surface area contributed by atoms with E-state index in [2.05, 4.69) is 15.4 Å². The fraction of sp³-hybridized carbons (Fsp3) is 0.133. The molecule has 0 aliphatic rings. The zero-order chi connectivity index (χ0) is 18.4. The van der Waals surface area contributed by atoms with Crippen molar-refractivity contribution < 1.29 is 27.6 Å². The van der Waals surface area contributed by atoms with Gasteiger partial charge in [-0.15, -0.1) is 13.2 Å². The number of halogens is 3. The number of hydrogen-bond donors (Lipinski definition) is 2. The van der Waals surface area contributed by atoms with Crippen LogP contribution in [0.25, 0.3) is 0 Å². The number of amides is 1. The van der Waals surface area contributed by atoms with Crippen LogP contribution in [0.3, 0.4) is 0 Å². The summed E-state index contributed by atoms with van der Waals surface area (Å²) in [6.45, 7) is -0.179. The molecule has 7 nitrogen and oxygen atoms in total. The van der Waals surface area contributed by atoms with Crippen LogP contribution < -0.4 is 15.4 Å². The Morgan fingerprint density at radius 2 is 1.80 bits per heavy atom. The Kier molecular flexibility index (Phi) is 5.42. The number of benzene rings is 2. The third-order valence-electron chi connectivity index (χ3n) is 2.88. The Hall–Kier alpha value is -3.30. The lowest BCUT2D eigenvalue weighted by atomic mass is 10.2. The molecule has 25 heavy (non-hydrogen) atoms. The van der Waals surface area contributed by atoms with Crippen LogP contribution in [0.4, 0.5) is 30.2 Å². The highest BCUT2D eigenvalue weighted by Crippen LogP contribution is 2.24. The Bertz CT molecular complexity index is 763. The molecule has 0 fully saturated rings. The first-order valence-electron chi connectivity index (χ1n) is 6.87. The fourth-order valence-corrected chi connectivity index (χ4v) is 1.86. The lowest BCUT2D eigenvalue weighted by Gasteiger charge is -2.10. The summed E-state index contributed by atoms with van der Waals surface area (Å²) in [4.78, 5) is 21.9. The number of alkyl halides is 3. The highest BCUT2D eigenvalue weighted by molar-refractivity contribution is 5.93. The van der Waals surface area contributed by atoms with Gasteiger partial charge in [0.25, 0.3) is 5.69 Å². The predicted octanol–water partition coefficient (Wildman–Crippen LogP) is 3.54. The summed E-state index contributed by atoms with van der Waals surface area (Å²) in [5.74, 6) is -0.879. The zero-order valence-electron chi connectivity index (χ0n) is 12.5. The fourth-order valence-electron chi connectivity index (χ4n) is 1.86. The van der Waals surface area contributed by atoms with E-state index in [1.54, 1.807) is 6.07 Å². The minimum absolute atomic E-state index is 0.120. The number of carbonyl (C=O) groups is 1. The quantitative estimate of drug-likeness (QED) is 0.611. The van der Waals surface area contributed by atoms with Crippen LogP contribution in [-0.4, -0.2) is 23.7 Å². The molecule has 0 saturated carbocycles. The van der Waals surface area contributed by atoms with Crippen molar-refractivity contribution in [2.45, 2.75) is 6.36 Å². The van der Waals surface area contributed by atoms with Gasteiger partial charge in [-0.05, 0) is 30.3 Å². The Morgan fingerprint density at radius 3 is 2.40 bits per heavy atom. The molecule has 0 atom stereocenters. The summed E-state index contributed by atoms with van der Waals surface area (Å²) < 4.78 is 39.9. The van der Waals surface area contributed by atoms with Gasteiger partial charge in [0.1, 0.15) is 5.75 Å². The number of nitrogens with zero attached hydrogens (tertiary/aromatic N) is 1. The maximum Gasteiger partial charge on any atom is 0.573 e. The summed E-state index contributed by atoms with van der Waals surface area (Å²) in [5.41, 5.74) is 0.546. The largest absolute Gasteiger partial charge is 0.573 e. The molecule has 132 valence electrons. The van der Waals surface area contributed by atoms with Crippen molar-refractivity contribution in [3.8, 4) is 5.75 Å². The monoisotopic (exact) mass is 355 g/mol. The van der Waals surface area contributed by atoms with Gasteiger partial charge < -0.3 is 15.4 Å². The van der Waals surface area contributed by atoms with Gasteiger partial charge in [-0.25, -0.2) is 0 Å². The molecule has 0 saturated heterocycles. The van der Waals surface area contributed by atoms with Crippen molar-refractivity contribution in [3.05, 3.63) is 58.6 Å². The van der Waals surface area contributed by atoms with Crippen molar-refractivity contribution in [2.75, 3.05) is 17.2 Å². The molecule has 0 unspecified atom stereocenters. The van der Waals surface area contributed by atoms with Crippen LogP contribution in [-0.2, 0) is 4.79 Å². The number of hydrogen-bond acceptors (Lipinski definition) is 5. The summed E-state index contributed by atoms with van der Waals surface area (Å²) in [7, 11) is 0. The van der Waals surface area contributed by atoms with Gasteiger partial charge in [0.2, 0.25) is 5.91 Å². The number of anilines is 2. The number of carbonyl (C=O) groups excluding carboxylic acids is 1. The highest BCUT2D eigenvalue weighted by atomic mass is 19.4. The maximum atomic E-state index is 12.0. The van der Waals surface area contributed by atoms with E-state index < -0.39 is 22.9 Å². The van der Waals surface area contributed by atoms with Crippen molar-refractivity contribution in [1.82, 2.24) is 0 Å². The van der Waals surface area contributed by atoms with Gasteiger partial charge >= 0.3 is 6.36 Å². The lowest BCUT2D eigenvalue weighted by molar-refractivity contribution is -0.384. The van der Waals surface area contributed by atoms with Crippen LogP contribution in [0.2, 0.25) is 0 Å². The molecule has 1 amide bonds. The van der Waals surface area contributed by atoms with Gasteiger partial charge in [0.05, 0.1) is 11.5 Å². The van der Waals surface area contributed by atoms with Crippen LogP contribution in [0.15, 0.2) is 48.5 Å². The van der Waals surface area contributed by atoms with Crippen LogP contribution in [0.1, 0.15) is 0 Å². The standard InChI is InChI=1S/C15H12F3N3O4/c16-15(17,18)25-13-6-4-10(5-7-13)20-14(22)9-19-11-2-1-3-12(8-11)21(23)24/h1-8,19H,9H2,(H,20,22). The molecule has 2 rings (SSSR count). The number of nitro groups is 1. The number of ether oxygens (including phenoxy) is 1. The van der Waals surface area contributed by atoms with Crippen molar-refractivity contribution in [1.29, 1.82) is 0 Å². The second-order valence-electron chi connectivity index (χ2n) is 4.78. The molecular weight excluding hydrogens is 343 g/mol. The molecule has 10 heteroatoms. The average molecular weight is 355 g/mol. The van der Waals surface area contributed by atoms with Crippen molar-refractivity contribution >= 4 is 23.0 Å². The second kappa shape index (κ2) is 7.51. The zero-order valence-corrected chi connectivity index (χ0v) is 12.5. The first-order valence-corrected chi connectivity index (χ1v) is 6.87. The minimum atomic E-state index is -4.78. The van der Waals surface area contributed by atoms with Crippen LogP contribution in [0, 0.1) is 10.1 Å². The summed E-state index contributed by atoms with van der Waals surface area (Å²) >= 11 is 0. The smallest absolute Gasteiger partial charge is 0.406 e. The summed E-state index contributed by atoms with van der Waals surface area (Å²) in [5, 5.41) is 15.8. The Labute approximate surface area is 139 Å². The molecule has 0 radical (unpaired) electrons. The first-order chi connectivity index (χ1) is 11.7. The number of rotatable bonds is 6. The van der Waals surface area contributed by atoms with E-state index in [4.69, 9.17) is 0 Å². The number of nitrogens with one attached hydrogen (secondary N) is 2. The van der Waals surface area contributed by atoms with Gasteiger partial charge in [-0.2, -0.15) is 0 Å². The average Bonchev–Trinajstić information content (AvgIpc) is 2.54. The van der Waals surface area contributed by atoms with Crippen LogP contribution >= 0.6 is 0 Å². The molecule has 0 spiro atoms. The molecule has 2 aromatic carbocycles. The predicted molar refractivity (Wildman–Crippen MR) is 83.3 cm³/mol.